The van der Waals surface area contributed by atoms with E-state index in [1.165, 1.54) is 12.1 Å². The molecule has 0 saturated heterocycles. The van der Waals surface area contributed by atoms with Gasteiger partial charge in [0.05, 0.1) is 22.9 Å². The molecule has 140 valence electrons. The molecular formula is C19H17Cl2N3O3. The zero-order chi connectivity index (χ0) is 20.1. The number of halogens is 2. The van der Waals surface area contributed by atoms with Crippen LogP contribution in [0.5, 0.6) is 0 Å². The molecule has 2 N–H and O–H groups in total. The van der Waals surface area contributed by atoms with Gasteiger partial charge in [-0.2, -0.15) is 5.26 Å². The Labute approximate surface area is 166 Å². The number of rotatable bonds is 5. The van der Waals surface area contributed by atoms with Crippen LogP contribution in [0.25, 0.3) is 6.08 Å². The summed E-state index contributed by atoms with van der Waals surface area (Å²) in [5, 5.41) is 12.6. The third kappa shape index (κ3) is 4.70. The van der Waals surface area contributed by atoms with Gasteiger partial charge in [-0.15, -0.1) is 0 Å². The zero-order valence-electron chi connectivity index (χ0n) is 14.9. The lowest BCUT2D eigenvalue weighted by atomic mass is 10.1. The molecule has 0 spiro atoms. The molecule has 0 aliphatic rings. The fourth-order valence-electron chi connectivity index (χ4n) is 2.50. The maximum atomic E-state index is 12.4. The predicted molar refractivity (Wildman–Crippen MR) is 105 cm³/mol. The van der Waals surface area contributed by atoms with Crippen LogP contribution < -0.4 is 5.32 Å². The first-order valence-electron chi connectivity index (χ1n) is 8.03. The van der Waals surface area contributed by atoms with Crippen LogP contribution in [0, 0.1) is 25.2 Å². The van der Waals surface area contributed by atoms with E-state index < -0.39 is 11.9 Å². The quantitative estimate of drug-likeness (QED) is 0.429. The second-order valence-electron chi connectivity index (χ2n) is 5.63. The van der Waals surface area contributed by atoms with Crippen molar-refractivity contribution >= 4 is 46.8 Å². The van der Waals surface area contributed by atoms with Crippen molar-refractivity contribution in [2.24, 2.45) is 0 Å². The van der Waals surface area contributed by atoms with Gasteiger partial charge in [0.1, 0.15) is 11.6 Å². The Morgan fingerprint density at radius 2 is 2.04 bits per heavy atom. The number of ether oxygens (including phenoxy) is 1. The summed E-state index contributed by atoms with van der Waals surface area (Å²) in [6.07, 6.45) is 1.37. The first-order chi connectivity index (χ1) is 12.8. The Hall–Kier alpha value is -2.75. The Morgan fingerprint density at radius 3 is 2.67 bits per heavy atom. The van der Waals surface area contributed by atoms with Crippen LogP contribution in [0.2, 0.25) is 10.0 Å². The number of aromatic nitrogens is 1. The number of nitrogens with one attached hydrogen (secondary N) is 2. The standard InChI is InChI=1S/C19H17Cl2N3O3/c1-4-27-19(26)17-10(2)15(23-11(17)3)7-12(9-22)18(25)24-16-8-13(20)5-6-14(16)21/h5-8,23H,4H2,1-3H3,(H,24,25)/b12-7+. The number of hydrogen-bond acceptors (Lipinski definition) is 4. The lowest BCUT2D eigenvalue weighted by Gasteiger charge is -2.07. The summed E-state index contributed by atoms with van der Waals surface area (Å²) in [6, 6.07) is 6.46. The molecule has 2 aromatic rings. The number of H-pyrrole nitrogens is 1. The monoisotopic (exact) mass is 405 g/mol. The van der Waals surface area contributed by atoms with Crippen LogP contribution in [-0.2, 0) is 9.53 Å². The van der Waals surface area contributed by atoms with E-state index in [-0.39, 0.29) is 12.2 Å². The van der Waals surface area contributed by atoms with Crippen LogP contribution in [0.15, 0.2) is 23.8 Å². The summed E-state index contributed by atoms with van der Waals surface area (Å²) in [5.41, 5.74) is 2.17. The third-order valence-corrected chi connectivity index (χ3v) is 4.35. The molecule has 2 rings (SSSR count). The van der Waals surface area contributed by atoms with Crippen LogP contribution >= 0.6 is 23.2 Å². The maximum Gasteiger partial charge on any atom is 0.340 e. The fraction of sp³-hybridized carbons (Fsp3) is 0.211. The molecule has 0 aliphatic heterocycles. The van der Waals surface area contributed by atoms with Crippen molar-refractivity contribution in [1.29, 1.82) is 5.26 Å². The van der Waals surface area contributed by atoms with E-state index in [0.29, 0.717) is 38.2 Å². The number of esters is 1. The van der Waals surface area contributed by atoms with Gasteiger partial charge < -0.3 is 15.0 Å². The highest BCUT2D eigenvalue weighted by atomic mass is 35.5. The zero-order valence-corrected chi connectivity index (χ0v) is 16.5. The van der Waals surface area contributed by atoms with Crippen molar-refractivity contribution in [2.45, 2.75) is 20.8 Å². The Balaban J connectivity index is 2.35. The molecule has 0 fully saturated rings. The van der Waals surface area contributed by atoms with Crippen molar-refractivity contribution in [3.05, 3.63) is 56.3 Å². The molecule has 0 unspecified atom stereocenters. The maximum absolute atomic E-state index is 12.4. The molecule has 27 heavy (non-hydrogen) atoms. The average Bonchev–Trinajstić information content (AvgIpc) is 2.89. The molecule has 8 heteroatoms. The number of aryl methyl sites for hydroxylation is 1. The van der Waals surface area contributed by atoms with E-state index in [1.54, 1.807) is 32.9 Å². The topological polar surface area (TPSA) is 95.0 Å². The molecule has 0 aliphatic carbocycles. The average molecular weight is 406 g/mol. The van der Waals surface area contributed by atoms with Crippen molar-refractivity contribution in [1.82, 2.24) is 4.98 Å². The van der Waals surface area contributed by atoms with Crippen LogP contribution in [0.3, 0.4) is 0 Å². The van der Waals surface area contributed by atoms with E-state index in [9.17, 15) is 14.9 Å². The largest absolute Gasteiger partial charge is 0.462 e. The number of nitriles is 1. The molecule has 0 radical (unpaired) electrons. The normalized spacial score (nSPS) is 11.0. The first kappa shape index (κ1) is 20.6. The SMILES string of the molecule is CCOC(=O)c1c(C)[nH]c(/C=C(\C#N)C(=O)Nc2cc(Cl)ccc2Cl)c1C. The number of benzene rings is 1. The van der Waals surface area contributed by atoms with Crippen molar-refractivity contribution in [3.63, 3.8) is 0 Å². The Bertz CT molecular complexity index is 971. The lowest BCUT2D eigenvalue weighted by molar-refractivity contribution is -0.112. The predicted octanol–water partition coefficient (Wildman–Crippen LogP) is 4.66. The number of nitrogens with zero attached hydrogens (tertiary/aromatic N) is 1. The molecule has 0 bridgehead atoms. The summed E-state index contributed by atoms with van der Waals surface area (Å²) in [4.78, 5) is 27.5. The highest BCUT2D eigenvalue weighted by molar-refractivity contribution is 6.36. The Morgan fingerprint density at radius 1 is 1.33 bits per heavy atom. The first-order valence-corrected chi connectivity index (χ1v) is 8.78. The number of carbonyl (C=O) groups excluding carboxylic acids is 2. The van der Waals surface area contributed by atoms with E-state index in [1.807, 2.05) is 6.07 Å². The minimum absolute atomic E-state index is 0.161. The summed E-state index contributed by atoms with van der Waals surface area (Å²) < 4.78 is 5.03. The van der Waals surface area contributed by atoms with Gasteiger partial charge in [0.25, 0.3) is 5.91 Å². The van der Waals surface area contributed by atoms with Crippen LogP contribution in [0.1, 0.15) is 34.2 Å². The number of aromatic amines is 1. The van der Waals surface area contributed by atoms with Gasteiger partial charge >= 0.3 is 5.97 Å². The number of amides is 1. The minimum Gasteiger partial charge on any atom is -0.462 e. The summed E-state index contributed by atoms with van der Waals surface area (Å²) >= 11 is 11.9. The number of hydrogen-bond donors (Lipinski definition) is 2. The lowest BCUT2D eigenvalue weighted by Crippen LogP contribution is -2.14. The molecule has 1 amide bonds. The van der Waals surface area contributed by atoms with Gasteiger partial charge in [-0.05, 0) is 50.6 Å². The second kappa shape index (κ2) is 8.76. The van der Waals surface area contributed by atoms with Crippen molar-refractivity contribution in [3.8, 4) is 6.07 Å². The number of anilines is 1. The van der Waals surface area contributed by atoms with Crippen molar-refractivity contribution < 1.29 is 14.3 Å². The van der Waals surface area contributed by atoms with E-state index in [4.69, 9.17) is 27.9 Å². The van der Waals surface area contributed by atoms with Gasteiger partial charge in [0.2, 0.25) is 0 Å². The smallest absolute Gasteiger partial charge is 0.340 e. The van der Waals surface area contributed by atoms with E-state index >= 15 is 0 Å². The molecule has 0 saturated carbocycles. The molecule has 1 aromatic heterocycles. The van der Waals surface area contributed by atoms with Crippen molar-refractivity contribution in [2.75, 3.05) is 11.9 Å². The van der Waals surface area contributed by atoms with Gasteiger partial charge in [-0.25, -0.2) is 4.79 Å². The third-order valence-electron chi connectivity index (χ3n) is 3.79. The summed E-state index contributed by atoms with van der Waals surface area (Å²) in [5.74, 6) is -1.11. The molecule has 6 nitrogen and oxygen atoms in total. The van der Waals surface area contributed by atoms with Gasteiger partial charge in [0, 0.05) is 16.4 Å². The second-order valence-corrected chi connectivity index (χ2v) is 6.48. The highest BCUT2D eigenvalue weighted by Crippen LogP contribution is 2.26. The van der Waals surface area contributed by atoms with Crippen LogP contribution in [0.4, 0.5) is 5.69 Å². The molecule has 1 heterocycles. The molecule has 1 aromatic carbocycles. The highest BCUT2D eigenvalue weighted by Gasteiger charge is 2.20. The van der Waals surface area contributed by atoms with Gasteiger partial charge in [0.15, 0.2) is 0 Å². The van der Waals surface area contributed by atoms with Gasteiger partial charge in [-0.1, -0.05) is 23.2 Å². The van der Waals surface area contributed by atoms with E-state index in [2.05, 4.69) is 10.3 Å². The number of carbonyl (C=O) groups is 2. The fourth-order valence-corrected chi connectivity index (χ4v) is 2.84. The van der Waals surface area contributed by atoms with Crippen LogP contribution in [-0.4, -0.2) is 23.5 Å². The Kier molecular flexibility index (Phi) is 6.67. The minimum atomic E-state index is -0.647. The molecular weight excluding hydrogens is 389 g/mol. The van der Waals surface area contributed by atoms with E-state index in [0.717, 1.165) is 0 Å². The molecule has 0 atom stereocenters. The summed E-state index contributed by atoms with van der Waals surface area (Å²) in [6.45, 7) is 5.40. The summed E-state index contributed by atoms with van der Waals surface area (Å²) in [7, 11) is 0. The van der Waals surface area contributed by atoms with Gasteiger partial charge in [-0.3, -0.25) is 4.79 Å².